The molecule has 6 nitrogen and oxygen atoms in total. The summed E-state index contributed by atoms with van der Waals surface area (Å²) >= 11 is 0. The van der Waals surface area contributed by atoms with E-state index in [2.05, 4.69) is 0 Å². The van der Waals surface area contributed by atoms with Crippen molar-refractivity contribution in [2.45, 2.75) is 19.4 Å². The summed E-state index contributed by atoms with van der Waals surface area (Å²) in [6.45, 7) is 1.95. The second-order valence-corrected chi connectivity index (χ2v) is 5.07. The Hall–Kier alpha value is -3.15. The van der Waals surface area contributed by atoms with Crippen LogP contribution >= 0.6 is 0 Å². The molecule has 2 aromatic carbocycles. The van der Waals surface area contributed by atoms with E-state index >= 15 is 0 Å². The van der Waals surface area contributed by atoms with Gasteiger partial charge < -0.3 is 9.84 Å². The van der Waals surface area contributed by atoms with Crippen LogP contribution in [0.25, 0.3) is 6.08 Å². The zero-order valence-corrected chi connectivity index (χ0v) is 13.1. The van der Waals surface area contributed by atoms with Crippen molar-refractivity contribution in [3.05, 3.63) is 75.8 Å². The summed E-state index contributed by atoms with van der Waals surface area (Å²) in [6.07, 6.45) is 2.98. The van der Waals surface area contributed by atoms with E-state index in [1.807, 2.05) is 31.2 Å². The number of rotatable bonds is 7. The summed E-state index contributed by atoms with van der Waals surface area (Å²) in [4.78, 5) is 21.0. The molecular formula is C18H17NO5. The standard InChI is InChI=1S/C18H17NO5/c1-2-17(24-15-10-8-14(9-11-15)19(22)23)16-6-4-3-5-13(16)7-12-18(20)21/h3-12,17H,2H2,1H3,(H,20,21). The van der Waals surface area contributed by atoms with Crippen molar-refractivity contribution < 1.29 is 19.6 Å². The highest BCUT2D eigenvalue weighted by Crippen LogP contribution is 2.29. The predicted molar refractivity (Wildman–Crippen MR) is 89.9 cm³/mol. The fraction of sp³-hybridized carbons (Fsp3) is 0.167. The highest BCUT2D eigenvalue weighted by Gasteiger charge is 2.15. The molecule has 0 bridgehead atoms. The monoisotopic (exact) mass is 327 g/mol. The number of hydrogen-bond donors (Lipinski definition) is 1. The molecule has 2 aromatic rings. The number of carboxylic acids is 1. The summed E-state index contributed by atoms with van der Waals surface area (Å²) in [5.74, 6) is -0.501. The van der Waals surface area contributed by atoms with Gasteiger partial charge in [-0.1, -0.05) is 31.2 Å². The number of nitro benzene ring substituents is 1. The first-order chi connectivity index (χ1) is 11.5. The van der Waals surface area contributed by atoms with Gasteiger partial charge in [-0.25, -0.2) is 4.79 Å². The Morgan fingerprint density at radius 3 is 2.50 bits per heavy atom. The van der Waals surface area contributed by atoms with Crippen molar-refractivity contribution in [1.82, 2.24) is 0 Å². The number of carbonyl (C=O) groups is 1. The van der Waals surface area contributed by atoms with Gasteiger partial charge in [0.15, 0.2) is 0 Å². The minimum Gasteiger partial charge on any atom is -0.486 e. The molecule has 1 N–H and O–H groups in total. The second-order valence-electron chi connectivity index (χ2n) is 5.07. The third kappa shape index (κ3) is 4.42. The molecule has 0 aliphatic heterocycles. The highest BCUT2D eigenvalue weighted by molar-refractivity contribution is 5.85. The third-order valence-electron chi connectivity index (χ3n) is 3.45. The normalized spacial score (nSPS) is 12.0. The fourth-order valence-electron chi connectivity index (χ4n) is 2.29. The number of benzene rings is 2. The number of nitrogens with zero attached hydrogens (tertiary/aromatic N) is 1. The molecule has 0 spiro atoms. The van der Waals surface area contributed by atoms with Crippen LogP contribution in [0.2, 0.25) is 0 Å². The zero-order valence-electron chi connectivity index (χ0n) is 13.1. The first-order valence-electron chi connectivity index (χ1n) is 7.42. The molecule has 0 fully saturated rings. The smallest absolute Gasteiger partial charge is 0.328 e. The molecule has 0 aliphatic carbocycles. The molecule has 6 heteroatoms. The van der Waals surface area contributed by atoms with E-state index < -0.39 is 10.9 Å². The Labute approximate surface area is 139 Å². The molecule has 1 unspecified atom stereocenters. The van der Waals surface area contributed by atoms with Crippen molar-refractivity contribution in [1.29, 1.82) is 0 Å². The maximum Gasteiger partial charge on any atom is 0.328 e. The molecular weight excluding hydrogens is 310 g/mol. The summed E-state index contributed by atoms with van der Waals surface area (Å²) in [5.41, 5.74) is 1.62. The lowest BCUT2D eigenvalue weighted by Gasteiger charge is -2.20. The fourth-order valence-corrected chi connectivity index (χ4v) is 2.29. The molecule has 0 saturated heterocycles. The van der Waals surface area contributed by atoms with Crippen LogP contribution in [-0.2, 0) is 4.79 Å². The van der Waals surface area contributed by atoms with E-state index in [1.54, 1.807) is 12.1 Å². The van der Waals surface area contributed by atoms with Gasteiger partial charge in [-0.05, 0) is 35.8 Å². The first kappa shape index (κ1) is 17.2. The Bertz CT molecular complexity index is 752. The molecule has 0 saturated carbocycles. The van der Waals surface area contributed by atoms with Crippen molar-refractivity contribution in [2.75, 3.05) is 0 Å². The van der Waals surface area contributed by atoms with E-state index in [9.17, 15) is 14.9 Å². The lowest BCUT2D eigenvalue weighted by atomic mass is 10.00. The molecule has 0 aliphatic rings. The quantitative estimate of drug-likeness (QED) is 0.467. The SMILES string of the molecule is CCC(Oc1ccc([N+](=O)[O-])cc1)c1ccccc1C=CC(=O)O. The molecule has 124 valence electrons. The Morgan fingerprint density at radius 1 is 1.25 bits per heavy atom. The van der Waals surface area contributed by atoms with Crippen LogP contribution in [0.5, 0.6) is 5.75 Å². The maximum atomic E-state index is 10.7. The molecule has 1 atom stereocenters. The van der Waals surface area contributed by atoms with Crippen molar-refractivity contribution in [3.8, 4) is 5.75 Å². The summed E-state index contributed by atoms with van der Waals surface area (Å²) < 4.78 is 5.93. The van der Waals surface area contributed by atoms with Gasteiger partial charge in [0.05, 0.1) is 4.92 Å². The van der Waals surface area contributed by atoms with E-state index in [0.717, 1.165) is 17.2 Å². The maximum absolute atomic E-state index is 10.7. The van der Waals surface area contributed by atoms with Gasteiger partial charge in [-0.2, -0.15) is 0 Å². The van der Waals surface area contributed by atoms with E-state index in [-0.39, 0.29) is 11.8 Å². The van der Waals surface area contributed by atoms with Crippen LogP contribution in [0.3, 0.4) is 0 Å². The third-order valence-corrected chi connectivity index (χ3v) is 3.45. The first-order valence-corrected chi connectivity index (χ1v) is 7.42. The summed E-state index contributed by atoms with van der Waals surface area (Å²) in [6, 6.07) is 13.3. The van der Waals surface area contributed by atoms with Gasteiger partial charge >= 0.3 is 5.97 Å². The van der Waals surface area contributed by atoms with Gasteiger partial charge in [0.2, 0.25) is 0 Å². The number of hydrogen-bond acceptors (Lipinski definition) is 4. The number of ether oxygens (including phenoxy) is 1. The van der Waals surface area contributed by atoms with Crippen molar-refractivity contribution in [3.63, 3.8) is 0 Å². The molecule has 0 heterocycles. The van der Waals surface area contributed by atoms with Crippen LogP contribution in [0.4, 0.5) is 5.69 Å². The van der Waals surface area contributed by atoms with Crippen LogP contribution in [0, 0.1) is 10.1 Å². The van der Waals surface area contributed by atoms with Crippen LogP contribution in [-0.4, -0.2) is 16.0 Å². The van der Waals surface area contributed by atoms with E-state index in [4.69, 9.17) is 9.84 Å². The van der Waals surface area contributed by atoms with Gasteiger partial charge in [0.1, 0.15) is 11.9 Å². The van der Waals surface area contributed by atoms with E-state index in [1.165, 1.54) is 18.2 Å². The average Bonchev–Trinajstić information content (AvgIpc) is 2.58. The van der Waals surface area contributed by atoms with Crippen molar-refractivity contribution >= 4 is 17.7 Å². The Balaban J connectivity index is 2.25. The van der Waals surface area contributed by atoms with Crippen LogP contribution in [0.15, 0.2) is 54.6 Å². The van der Waals surface area contributed by atoms with Crippen LogP contribution in [0.1, 0.15) is 30.6 Å². The number of nitro groups is 1. The largest absolute Gasteiger partial charge is 0.486 e. The minimum atomic E-state index is -1.02. The van der Waals surface area contributed by atoms with Gasteiger partial charge in [0, 0.05) is 18.2 Å². The lowest BCUT2D eigenvalue weighted by molar-refractivity contribution is -0.384. The zero-order chi connectivity index (χ0) is 17.5. The number of carboxylic acid groups (broad SMARTS) is 1. The molecule has 2 rings (SSSR count). The highest BCUT2D eigenvalue weighted by atomic mass is 16.6. The van der Waals surface area contributed by atoms with Gasteiger partial charge in [-0.15, -0.1) is 0 Å². The number of aliphatic carboxylic acids is 1. The van der Waals surface area contributed by atoms with Crippen LogP contribution < -0.4 is 4.74 Å². The summed E-state index contributed by atoms with van der Waals surface area (Å²) in [5, 5.41) is 19.5. The Kier molecular flexibility index (Phi) is 5.68. The van der Waals surface area contributed by atoms with Crippen molar-refractivity contribution in [2.24, 2.45) is 0 Å². The molecule has 0 amide bonds. The lowest BCUT2D eigenvalue weighted by Crippen LogP contribution is -2.08. The van der Waals surface area contributed by atoms with Gasteiger partial charge in [-0.3, -0.25) is 10.1 Å². The molecule has 24 heavy (non-hydrogen) atoms. The second kappa shape index (κ2) is 7.92. The molecule has 0 radical (unpaired) electrons. The summed E-state index contributed by atoms with van der Waals surface area (Å²) in [7, 11) is 0. The Morgan fingerprint density at radius 2 is 1.92 bits per heavy atom. The minimum absolute atomic E-state index is 0.000176. The van der Waals surface area contributed by atoms with Gasteiger partial charge in [0.25, 0.3) is 5.69 Å². The topological polar surface area (TPSA) is 89.7 Å². The number of non-ortho nitro benzene ring substituents is 1. The molecule has 0 aromatic heterocycles. The van der Waals surface area contributed by atoms with E-state index in [0.29, 0.717) is 12.2 Å². The predicted octanol–water partition coefficient (Wildman–Crippen LogP) is 4.22. The average molecular weight is 327 g/mol.